The minimum absolute atomic E-state index is 0.0965. The Kier molecular flexibility index (Phi) is 5.21. The van der Waals surface area contributed by atoms with Crippen molar-refractivity contribution in [1.82, 2.24) is 10.3 Å². The highest BCUT2D eigenvalue weighted by atomic mass is 19.4. The number of carbonyl (C=O) groups is 1. The Labute approximate surface area is 153 Å². The molecule has 2 fully saturated rings. The minimum Gasteiger partial charge on any atom is -0.355 e. The van der Waals surface area contributed by atoms with Crippen molar-refractivity contribution >= 4 is 11.6 Å². The SMILES string of the molecule is N#CCC(=O)NCC1CN(c2ccc(C(F)(F)F)cc2)C2CC[N+](=O)N2C1. The highest BCUT2D eigenvalue weighted by Crippen LogP contribution is 2.34. The van der Waals surface area contributed by atoms with Crippen LogP contribution in [-0.2, 0) is 11.0 Å². The Morgan fingerprint density at radius 2 is 2.00 bits per heavy atom. The molecule has 0 bridgehead atoms. The van der Waals surface area contributed by atoms with Gasteiger partial charge in [0.05, 0.1) is 29.5 Å². The van der Waals surface area contributed by atoms with Crippen LogP contribution in [0.1, 0.15) is 18.4 Å². The Morgan fingerprint density at radius 3 is 2.63 bits per heavy atom. The summed E-state index contributed by atoms with van der Waals surface area (Å²) in [5.74, 6) is -0.484. The quantitative estimate of drug-likeness (QED) is 0.805. The molecular weight excluding hydrogens is 363 g/mol. The summed E-state index contributed by atoms with van der Waals surface area (Å²) < 4.78 is 38.4. The molecule has 1 amide bonds. The van der Waals surface area contributed by atoms with E-state index < -0.39 is 11.7 Å². The van der Waals surface area contributed by atoms with Crippen molar-refractivity contribution in [2.45, 2.75) is 25.2 Å². The number of nitriles is 1. The number of hydrogen-bond donors (Lipinski definition) is 1. The molecule has 2 saturated heterocycles. The highest BCUT2D eigenvalue weighted by molar-refractivity contribution is 5.77. The van der Waals surface area contributed by atoms with E-state index in [2.05, 4.69) is 5.32 Å². The van der Waals surface area contributed by atoms with Crippen LogP contribution in [0, 0.1) is 22.2 Å². The number of alkyl halides is 3. The molecule has 0 radical (unpaired) electrons. The van der Waals surface area contributed by atoms with Crippen molar-refractivity contribution in [1.29, 1.82) is 5.26 Å². The van der Waals surface area contributed by atoms with Crippen LogP contribution < -0.4 is 10.2 Å². The molecule has 27 heavy (non-hydrogen) atoms. The lowest BCUT2D eigenvalue weighted by molar-refractivity contribution is -0.692. The van der Waals surface area contributed by atoms with Crippen LogP contribution in [0.2, 0.25) is 0 Å². The van der Waals surface area contributed by atoms with Crippen molar-refractivity contribution in [3.05, 3.63) is 34.7 Å². The predicted molar refractivity (Wildman–Crippen MR) is 89.1 cm³/mol. The number of rotatable bonds is 4. The van der Waals surface area contributed by atoms with Gasteiger partial charge in [-0.3, -0.25) is 4.79 Å². The van der Waals surface area contributed by atoms with Crippen molar-refractivity contribution < 1.29 is 22.8 Å². The maximum atomic E-state index is 12.8. The lowest BCUT2D eigenvalue weighted by Gasteiger charge is -2.40. The topological polar surface area (TPSA) is 79.5 Å². The number of hydrazine groups is 1. The molecular formula is C17H19F3N5O2+. The van der Waals surface area contributed by atoms with Gasteiger partial charge in [0.25, 0.3) is 0 Å². The first kappa shape index (κ1) is 18.9. The summed E-state index contributed by atoms with van der Waals surface area (Å²) >= 11 is 0. The van der Waals surface area contributed by atoms with Crippen molar-refractivity contribution in [2.75, 3.05) is 31.1 Å². The third-order valence-corrected chi connectivity index (χ3v) is 4.82. The number of fused-ring (bicyclic) bond motifs is 1. The van der Waals surface area contributed by atoms with E-state index in [9.17, 15) is 22.9 Å². The second-order valence-corrected chi connectivity index (χ2v) is 6.67. The number of amides is 1. The van der Waals surface area contributed by atoms with Gasteiger partial charge < -0.3 is 10.2 Å². The van der Waals surface area contributed by atoms with Gasteiger partial charge in [-0.2, -0.15) is 18.4 Å². The van der Waals surface area contributed by atoms with Gasteiger partial charge in [0, 0.05) is 24.7 Å². The summed E-state index contributed by atoms with van der Waals surface area (Å²) in [6.45, 7) is 1.54. The van der Waals surface area contributed by atoms with Gasteiger partial charge in [-0.15, -0.1) is 5.01 Å². The normalized spacial score (nSPS) is 22.4. The fourth-order valence-electron chi connectivity index (χ4n) is 3.54. The first-order valence-electron chi connectivity index (χ1n) is 8.58. The molecule has 0 aromatic heterocycles. The van der Waals surface area contributed by atoms with Crippen molar-refractivity contribution in [3.8, 4) is 6.07 Å². The van der Waals surface area contributed by atoms with E-state index in [0.29, 0.717) is 31.7 Å². The molecule has 0 saturated carbocycles. The molecule has 2 heterocycles. The lowest BCUT2D eigenvalue weighted by atomic mass is 10.0. The fourth-order valence-corrected chi connectivity index (χ4v) is 3.54. The number of anilines is 1. The third kappa shape index (κ3) is 4.13. The minimum atomic E-state index is -4.40. The Balaban J connectivity index is 1.77. The number of hydrogen-bond acceptors (Lipinski definition) is 4. The summed E-state index contributed by atoms with van der Waals surface area (Å²) in [5, 5.41) is 12.9. The summed E-state index contributed by atoms with van der Waals surface area (Å²) in [7, 11) is 0. The summed E-state index contributed by atoms with van der Waals surface area (Å²) in [6, 6.07) is 6.64. The van der Waals surface area contributed by atoms with Crippen molar-refractivity contribution in [3.63, 3.8) is 0 Å². The average Bonchev–Trinajstić information content (AvgIpc) is 3.00. The lowest BCUT2D eigenvalue weighted by Crippen LogP contribution is -2.57. The molecule has 1 aromatic carbocycles. The molecule has 1 N–H and O–H groups in total. The molecule has 1 aromatic rings. The van der Waals surface area contributed by atoms with Crippen LogP contribution in [-0.4, -0.2) is 48.1 Å². The first-order chi connectivity index (χ1) is 12.8. The largest absolute Gasteiger partial charge is 0.416 e. The number of carbonyl (C=O) groups excluding carboxylic acids is 1. The van der Waals surface area contributed by atoms with E-state index in [4.69, 9.17) is 5.26 Å². The van der Waals surface area contributed by atoms with E-state index in [1.807, 2.05) is 4.90 Å². The molecule has 2 atom stereocenters. The van der Waals surface area contributed by atoms with Crippen LogP contribution >= 0.6 is 0 Å². The second-order valence-electron chi connectivity index (χ2n) is 6.67. The van der Waals surface area contributed by atoms with Crippen LogP contribution in [0.15, 0.2) is 24.3 Å². The van der Waals surface area contributed by atoms with Gasteiger partial charge in [-0.1, -0.05) is 0 Å². The average molecular weight is 382 g/mol. The van der Waals surface area contributed by atoms with E-state index in [1.165, 1.54) is 12.1 Å². The number of nitroso groups, excluding NO2 is 1. The fraction of sp³-hybridized carbons (Fsp3) is 0.529. The Morgan fingerprint density at radius 1 is 1.30 bits per heavy atom. The number of nitrogens with zero attached hydrogens (tertiary/aromatic N) is 4. The molecule has 2 aliphatic heterocycles. The number of nitrogens with one attached hydrogen (secondary N) is 1. The van der Waals surface area contributed by atoms with Gasteiger partial charge in [0.2, 0.25) is 12.5 Å². The zero-order valence-corrected chi connectivity index (χ0v) is 14.4. The van der Waals surface area contributed by atoms with E-state index in [-0.39, 0.29) is 31.0 Å². The van der Waals surface area contributed by atoms with Crippen LogP contribution in [0.25, 0.3) is 0 Å². The molecule has 2 aliphatic rings. The zero-order valence-electron chi connectivity index (χ0n) is 14.4. The molecule has 10 heteroatoms. The monoisotopic (exact) mass is 382 g/mol. The van der Waals surface area contributed by atoms with Gasteiger partial charge in [-0.25, -0.2) is 0 Å². The van der Waals surface area contributed by atoms with Gasteiger partial charge >= 0.3 is 6.18 Å². The molecule has 0 spiro atoms. The van der Waals surface area contributed by atoms with Gasteiger partial charge in [-0.05, 0) is 24.3 Å². The van der Waals surface area contributed by atoms with Gasteiger partial charge in [0.15, 0.2) is 6.17 Å². The predicted octanol–water partition coefficient (Wildman–Crippen LogP) is 1.90. The third-order valence-electron chi connectivity index (χ3n) is 4.82. The maximum Gasteiger partial charge on any atom is 0.416 e. The second kappa shape index (κ2) is 7.42. The molecule has 7 nitrogen and oxygen atoms in total. The van der Waals surface area contributed by atoms with E-state index in [1.54, 1.807) is 11.1 Å². The highest BCUT2D eigenvalue weighted by Gasteiger charge is 2.47. The summed E-state index contributed by atoms with van der Waals surface area (Å²) in [5.41, 5.74) is -0.126. The van der Waals surface area contributed by atoms with Crippen LogP contribution in [0.3, 0.4) is 0 Å². The number of benzene rings is 1. The number of halogens is 3. The molecule has 3 rings (SSSR count). The van der Waals surface area contributed by atoms with Crippen LogP contribution in [0.4, 0.5) is 18.9 Å². The maximum absolute atomic E-state index is 12.8. The molecule has 144 valence electrons. The Hall–Kier alpha value is -2.83. The van der Waals surface area contributed by atoms with E-state index >= 15 is 0 Å². The van der Waals surface area contributed by atoms with Crippen molar-refractivity contribution in [2.24, 2.45) is 5.92 Å². The zero-order chi connectivity index (χ0) is 19.6. The standard InChI is InChI=1S/C17H18F3N5O2/c18-17(19,20)13-1-3-14(4-2-13)23-10-12(9-22-15(26)5-7-21)11-24-16(23)6-8-25(24)27/h1-4,12,16H,5-6,8-11H2/p+1. The van der Waals surface area contributed by atoms with Crippen LogP contribution in [0.5, 0.6) is 0 Å². The van der Waals surface area contributed by atoms with Gasteiger partial charge in [0.1, 0.15) is 11.3 Å². The first-order valence-corrected chi connectivity index (χ1v) is 8.58. The summed E-state index contributed by atoms with van der Waals surface area (Å²) in [4.78, 5) is 26.4. The Bertz CT molecular complexity index is 759. The molecule has 0 aliphatic carbocycles. The molecule has 2 unspecified atom stereocenters. The summed E-state index contributed by atoms with van der Waals surface area (Å²) in [6.07, 6.45) is -4.28. The van der Waals surface area contributed by atoms with E-state index in [0.717, 1.165) is 17.0 Å². The smallest absolute Gasteiger partial charge is 0.355 e.